The van der Waals surface area contributed by atoms with Crippen LogP contribution in [-0.4, -0.2) is 19.7 Å². The molecule has 0 saturated heterocycles. The average Bonchev–Trinajstić information content (AvgIpc) is 2.27. The minimum atomic E-state index is -1.29. The second kappa shape index (κ2) is 5.77. The van der Waals surface area contributed by atoms with Crippen molar-refractivity contribution < 1.29 is 23.0 Å². The molecule has 7 heteroatoms. The Morgan fingerprint density at radius 2 is 1.82 bits per heavy atom. The van der Waals surface area contributed by atoms with Crippen molar-refractivity contribution in [3.05, 3.63) is 26.1 Å². The molecule has 1 aromatic carbocycles. The van der Waals surface area contributed by atoms with Crippen LogP contribution in [0.25, 0.3) is 0 Å². The van der Waals surface area contributed by atoms with Crippen LogP contribution in [0.4, 0.5) is 8.78 Å². The molecule has 94 valence electrons. The van der Waals surface area contributed by atoms with Gasteiger partial charge in [-0.15, -0.1) is 0 Å². The number of hydrogen-bond acceptors (Lipinski definition) is 3. The lowest BCUT2D eigenvalue weighted by Crippen LogP contribution is -2.11. The van der Waals surface area contributed by atoms with Gasteiger partial charge >= 0.3 is 5.97 Å². The van der Waals surface area contributed by atoms with Crippen molar-refractivity contribution >= 4 is 37.8 Å². The molecule has 0 aliphatic rings. The van der Waals surface area contributed by atoms with Crippen LogP contribution in [-0.2, 0) is 4.74 Å². The molecule has 0 spiro atoms. The zero-order chi connectivity index (χ0) is 13.2. The minimum Gasteiger partial charge on any atom is -0.494 e. The van der Waals surface area contributed by atoms with E-state index in [1.54, 1.807) is 6.92 Å². The van der Waals surface area contributed by atoms with E-state index < -0.39 is 23.2 Å². The Hall–Kier alpha value is -0.690. The largest absolute Gasteiger partial charge is 0.494 e. The van der Waals surface area contributed by atoms with Crippen LogP contribution in [0.1, 0.15) is 17.3 Å². The molecule has 0 atom stereocenters. The second-order valence-corrected chi connectivity index (χ2v) is 4.47. The highest BCUT2D eigenvalue weighted by molar-refractivity contribution is 9.11. The molecule has 1 aromatic rings. The van der Waals surface area contributed by atoms with E-state index in [2.05, 4.69) is 36.6 Å². The van der Waals surface area contributed by atoms with E-state index in [0.29, 0.717) is 0 Å². The zero-order valence-electron chi connectivity index (χ0n) is 8.94. The SMILES string of the molecule is CCOC(=O)c1c(F)c(F)c(Br)c(OC)c1Br. The van der Waals surface area contributed by atoms with Gasteiger partial charge in [0.15, 0.2) is 17.4 Å². The van der Waals surface area contributed by atoms with Crippen LogP contribution in [0.5, 0.6) is 5.75 Å². The lowest BCUT2D eigenvalue weighted by molar-refractivity contribution is 0.0518. The fraction of sp³-hybridized carbons (Fsp3) is 0.300. The minimum absolute atomic E-state index is 0.00391. The van der Waals surface area contributed by atoms with Gasteiger partial charge in [0.1, 0.15) is 5.56 Å². The van der Waals surface area contributed by atoms with Crippen molar-refractivity contribution in [2.45, 2.75) is 6.92 Å². The summed E-state index contributed by atoms with van der Waals surface area (Å²) in [5, 5.41) is 0. The Labute approximate surface area is 113 Å². The van der Waals surface area contributed by atoms with Gasteiger partial charge in [-0.25, -0.2) is 13.6 Å². The van der Waals surface area contributed by atoms with Gasteiger partial charge in [0.2, 0.25) is 0 Å². The highest BCUT2D eigenvalue weighted by Gasteiger charge is 2.27. The molecule has 0 saturated carbocycles. The van der Waals surface area contributed by atoms with E-state index in [9.17, 15) is 13.6 Å². The van der Waals surface area contributed by atoms with E-state index in [1.165, 1.54) is 7.11 Å². The number of carbonyl (C=O) groups is 1. The molecule has 0 unspecified atom stereocenters. The van der Waals surface area contributed by atoms with Crippen molar-refractivity contribution in [1.82, 2.24) is 0 Å². The standard InChI is InChI=1S/C10H8Br2F2O3/c1-3-17-10(15)4-5(11)9(16-2)6(12)8(14)7(4)13/h3H2,1-2H3. The van der Waals surface area contributed by atoms with Gasteiger partial charge in [-0.2, -0.15) is 0 Å². The molecule has 0 aliphatic heterocycles. The van der Waals surface area contributed by atoms with Gasteiger partial charge in [0, 0.05) is 0 Å². The van der Waals surface area contributed by atoms with E-state index in [-0.39, 0.29) is 21.3 Å². The number of methoxy groups -OCH3 is 1. The monoisotopic (exact) mass is 372 g/mol. The van der Waals surface area contributed by atoms with Crippen LogP contribution in [0.15, 0.2) is 8.95 Å². The lowest BCUT2D eigenvalue weighted by atomic mass is 10.2. The van der Waals surface area contributed by atoms with Gasteiger partial charge in [-0.05, 0) is 38.8 Å². The number of ether oxygens (including phenoxy) is 2. The van der Waals surface area contributed by atoms with Crippen molar-refractivity contribution in [3.63, 3.8) is 0 Å². The number of benzene rings is 1. The second-order valence-electron chi connectivity index (χ2n) is 2.88. The lowest BCUT2D eigenvalue weighted by Gasteiger charge is -2.12. The Kier molecular flexibility index (Phi) is 4.88. The summed E-state index contributed by atoms with van der Waals surface area (Å²) < 4.78 is 36.4. The predicted molar refractivity (Wildman–Crippen MR) is 64.3 cm³/mol. The van der Waals surface area contributed by atoms with Crippen LogP contribution in [0.2, 0.25) is 0 Å². The average molecular weight is 374 g/mol. The molecule has 0 radical (unpaired) electrons. The van der Waals surface area contributed by atoms with Crippen molar-refractivity contribution in [2.24, 2.45) is 0 Å². The van der Waals surface area contributed by atoms with Crippen molar-refractivity contribution in [3.8, 4) is 5.75 Å². The highest BCUT2D eigenvalue weighted by atomic mass is 79.9. The van der Waals surface area contributed by atoms with Crippen LogP contribution >= 0.6 is 31.9 Å². The smallest absolute Gasteiger partial charge is 0.342 e. The van der Waals surface area contributed by atoms with Crippen molar-refractivity contribution in [2.75, 3.05) is 13.7 Å². The first-order chi connectivity index (χ1) is 7.95. The molecule has 0 N–H and O–H groups in total. The summed E-state index contributed by atoms with van der Waals surface area (Å²) in [7, 11) is 1.27. The Morgan fingerprint density at radius 3 is 2.29 bits per heavy atom. The quantitative estimate of drug-likeness (QED) is 0.460. The Balaban J connectivity index is 3.50. The van der Waals surface area contributed by atoms with Gasteiger partial charge in [0.25, 0.3) is 0 Å². The predicted octanol–water partition coefficient (Wildman–Crippen LogP) is 3.68. The van der Waals surface area contributed by atoms with Crippen LogP contribution < -0.4 is 4.74 Å². The third-order valence-corrected chi connectivity index (χ3v) is 3.37. The molecular weight excluding hydrogens is 366 g/mol. The van der Waals surface area contributed by atoms with Crippen LogP contribution in [0.3, 0.4) is 0 Å². The fourth-order valence-electron chi connectivity index (χ4n) is 1.17. The van der Waals surface area contributed by atoms with E-state index in [0.717, 1.165) is 0 Å². The summed E-state index contributed by atoms with van der Waals surface area (Å²) in [6, 6.07) is 0. The third-order valence-electron chi connectivity index (χ3n) is 1.91. The number of esters is 1. The molecule has 17 heavy (non-hydrogen) atoms. The molecule has 0 bridgehead atoms. The number of carbonyl (C=O) groups excluding carboxylic acids is 1. The maximum atomic E-state index is 13.6. The maximum Gasteiger partial charge on any atom is 0.342 e. The number of hydrogen-bond donors (Lipinski definition) is 0. The highest BCUT2D eigenvalue weighted by Crippen LogP contribution is 2.40. The van der Waals surface area contributed by atoms with Gasteiger partial charge < -0.3 is 9.47 Å². The molecule has 0 fully saturated rings. The van der Waals surface area contributed by atoms with Crippen LogP contribution in [0, 0.1) is 11.6 Å². The summed E-state index contributed by atoms with van der Waals surface area (Å²) in [5.74, 6) is -3.45. The van der Waals surface area contributed by atoms with Crippen molar-refractivity contribution in [1.29, 1.82) is 0 Å². The number of halogens is 4. The molecule has 1 rings (SSSR count). The molecule has 0 aromatic heterocycles. The first-order valence-corrected chi connectivity index (χ1v) is 6.11. The van der Waals surface area contributed by atoms with E-state index in [1.807, 2.05) is 0 Å². The molecular formula is C10H8Br2F2O3. The summed E-state index contributed by atoms with van der Waals surface area (Å²) >= 11 is 5.83. The molecule has 0 aliphatic carbocycles. The van der Waals surface area contributed by atoms with E-state index >= 15 is 0 Å². The topological polar surface area (TPSA) is 35.5 Å². The Bertz CT molecular complexity index is 464. The summed E-state index contributed by atoms with van der Waals surface area (Å²) in [6.07, 6.45) is 0. The normalized spacial score (nSPS) is 10.2. The zero-order valence-corrected chi connectivity index (χ0v) is 12.1. The summed E-state index contributed by atoms with van der Waals surface area (Å²) in [5.41, 5.74) is -0.524. The summed E-state index contributed by atoms with van der Waals surface area (Å²) in [4.78, 5) is 11.5. The van der Waals surface area contributed by atoms with Gasteiger partial charge in [-0.3, -0.25) is 0 Å². The molecule has 0 amide bonds. The first-order valence-electron chi connectivity index (χ1n) is 4.52. The third kappa shape index (κ3) is 2.60. The summed E-state index contributed by atoms with van der Waals surface area (Å²) in [6.45, 7) is 1.63. The fourth-order valence-corrected chi connectivity index (χ4v) is 2.67. The van der Waals surface area contributed by atoms with Gasteiger partial charge in [-0.1, -0.05) is 0 Å². The maximum absolute atomic E-state index is 13.6. The molecule has 0 heterocycles. The number of rotatable bonds is 3. The first kappa shape index (κ1) is 14.4. The Morgan fingerprint density at radius 1 is 1.24 bits per heavy atom. The van der Waals surface area contributed by atoms with Gasteiger partial charge in [0.05, 0.1) is 22.7 Å². The molecule has 3 nitrogen and oxygen atoms in total. The van der Waals surface area contributed by atoms with E-state index in [4.69, 9.17) is 4.74 Å².